The SMILES string of the molecule is CC(=O)c1cc(-c2[nH]c(-c3ccncc3)cc2C)ccn1. The highest BCUT2D eigenvalue weighted by Gasteiger charge is 2.10. The molecule has 3 aromatic heterocycles. The van der Waals surface area contributed by atoms with Crippen LogP contribution in [0.4, 0.5) is 0 Å². The zero-order chi connectivity index (χ0) is 14.8. The van der Waals surface area contributed by atoms with Crippen molar-refractivity contribution in [2.24, 2.45) is 0 Å². The minimum atomic E-state index is -0.0320. The van der Waals surface area contributed by atoms with Crippen molar-refractivity contribution in [1.29, 1.82) is 0 Å². The van der Waals surface area contributed by atoms with E-state index in [4.69, 9.17) is 0 Å². The number of hydrogen-bond donors (Lipinski definition) is 1. The first-order chi connectivity index (χ1) is 10.1. The van der Waals surface area contributed by atoms with Crippen LogP contribution in [0.15, 0.2) is 48.9 Å². The van der Waals surface area contributed by atoms with E-state index in [-0.39, 0.29) is 5.78 Å². The van der Waals surface area contributed by atoms with Crippen LogP contribution in [0.25, 0.3) is 22.5 Å². The van der Waals surface area contributed by atoms with Crippen molar-refractivity contribution in [3.63, 3.8) is 0 Å². The van der Waals surface area contributed by atoms with Gasteiger partial charge in [-0.2, -0.15) is 0 Å². The summed E-state index contributed by atoms with van der Waals surface area (Å²) >= 11 is 0. The van der Waals surface area contributed by atoms with Crippen molar-refractivity contribution in [2.45, 2.75) is 13.8 Å². The van der Waals surface area contributed by atoms with Gasteiger partial charge in [-0.15, -0.1) is 0 Å². The Morgan fingerprint density at radius 2 is 1.76 bits per heavy atom. The monoisotopic (exact) mass is 277 g/mol. The predicted molar refractivity (Wildman–Crippen MR) is 82.0 cm³/mol. The summed E-state index contributed by atoms with van der Waals surface area (Å²) in [5.41, 5.74) is 5.69. The van der Waals surface area contributed by atoms with E-state index >= 15 is 0 Å². The van der Waals surface area contributed by atoms with Gasteiger partial charge in [0, 0.05) is 48.0 Å². The number of H-pyrrole nitrogens is 1. The summed E-state index contributed by atoms with van der Waals surface area (Å²) in [7, 11) is 0. The molecular weight excluding hydrogens is 262 g/mol. The molecule has 0 aliphatic heterocycles. The highest BCUT2D eigenvalue weighted by Crippen LogP contribution is 2.28. The number of nitrogens with one attached hydrogen (secondary N) is 1. The Kier molecular flexibility index (Phi) is 3.36. The van der Waals surface area contributed by atoms with E-state index in [1.54, 1.807) is 18.6 Å². The van der Waals surface area contributed by atoms with Gasteiger partial charge in [0.15, 0.2) is 5.78 Å². The molecule has 0 fully saturated rings. The van der Waals surface area contributed by atoms with Crippen LogP contribution in [-0.2, 0) is 0 Å². The second-order valence-electron chi connectivity index (χ2n) is 4.96. The van der Waals surface area contributed by atoms with Gasteiger partial charge < -0.3 is 4.98 Å². The highest BCUT2D eigenvalue weighted by atomic mass is 16.1. The van der Waals surface area contributed by atoms with Crippen molar-refractivity contribution >= 4 is 5.78 Å². The predicted octanol–water partition coefficient (Wildman–Crippen LogP) is 3.65. The van der Waals surface area contributed by atoms with Gasteiger partial charge in [-0.3, -0.25) is 14.8 Å². The minimum absolute atomic E-state index is 0.0320. The van der Waals surface area contributed by atoms with Crippen LogP contribution in [-0.4, -0.2) is 20.7 Å². The molecule has 0 aliphatic rings. The fourth-order valence-corrected chi connectivity index (χ4v) is 2.32. The van der Waals surface area contributed by atoms with Crippen LogP contribution in [0.3, 0.4) is 0 Å². The zero-order valence-corrected chi connectivity index (χ0v) is 11.9. The second-order valence-corrected chi connectivity index (χ2v) is 4.96. The van der Waals surface area contributed by atoms with Crippen molar-refractivity contribution in [1.82, 2.24) is 15.0 Å². The molecule has 3 aromatic rings. The van der Waals surface area contributed by atoms with Crippen LogP contribution in [0.5, 0.6) is 0 Å². The van der Waals surface area contributed by atoms with Crippen LogP contribution < -0.4 is 0 Å². The van der Waals surface area contributed by atoms with Crippen molar-refractivity contribution < 1.29 is 4.79 Å². The second kappa shape index (κ2) is 5.32. The molecule has 4 nitrogen and oxygen atoms in total. The summed E-state index contributed by atoms with van der Waals surface area (Å²) in [5.74, 6) is -0.0320. The molecule has 3 rings (SSSR count). The number of aromatic nitrogens is 3. The Balaban J connectivity index is 2.06. The van der Waals surface area contributed by atoms with Crippen LogP contribution in [0.2, 0.25) is 0 Å². The molecule has 0 unspecified atom stereocenters. The number of carbonyl (C=O) groups excluding carboxylic acids is 1. The lowest BCUT2D eigenvalue weighted by Crippen LogP contribution is -1.96. The van der Waals surface area contributed by atoms with Gasteiger partial charge in [0.1, 0.15) is 5.69 Å². The lowest BCUT2D eigenvalue weighted by molar-refractivity contribution is 0.101. The van der Waals surface area contributed by atoms with Gasteiger partial charge in [0.25, 0.3) is 0 Å². The van der Waals surface area contributed by atoms with Crippen LogP contribution in [0, 0.1) is 6.92 Å². The number of ketones is 1. The number of hydrogen-bond acceptors (Lipinski definition) is 3. The topological polar surface area (TPSA) is 58.6 Å². The molecule has 21 heavy (non-hydrogen) atoms. The zero-order valence-electron chi connectivity index (χ0n) is 11.9. The van der Waals surface area contributed by atoms with Gasteiger partial charge in [-0.05, 0) is 42.8 Å². The first-order valence-electron chi connectivity index (χ1n) is 6.72. The lowest BCUT2D eigenvalue weighted by Gasteiger charge is -2.02. The number of Topliss-reactive ketones (excluding diaryl/α,β-unsaturated/α-hetero) is 1. The number of carbonyl (C=O) groups is 1. The normalized spacial score (nSPS) is 10.6. The molecule has 0 bridgehead atoms. The molecular formula is C17H15N3O. The van der Waals surface area contributed by atoms with E-state index in [0.717, 1.165) is 28.1 Å². The molecule has 0 amide bonds. The smallest absolute Gasteiger partial charge is 0.178 e. The summed E-state index contributed by atoms with van der Waals surface area (Å²) in [6.45, 7) is 3.57. The van der Waals surface area contributed by atoms with E-state index in [1.807, 2.05) is 31.2 Å². The summed E-state index contributed by atoms with van der Waals surface area (Å²) in [5, 5.41) is 0. The first-order valence-corrected chi connectivity index (χ1v) is 6.72. The van der Waals surface area contributed by atoms with Gasteiger partial charge >= 0.3 is 0 Å². The summed E-state index contributed by atoms with van der Waals surface area (Å²) in [4.78, 5) is 23.0. The summed E-state index contributed by atoms with van der Waals surface area (Å²) in [6, 6.07) is 9.74. The lowest BCUT2D eigenvalue weighted by atomic mass is 10.1. The number of aryl methyl sites for hydroxylation is 1. The van der Waals surface area contributed by atoms with Gasteiger partial charge in [-0.1, -0.05) is 0 Å². The largest absolute Gasteiger partial charge is 0.354 e. The average Bonchev–Trinajstić information content (AvgIpc) is 2.90. The van der Waals surface area contributed by atoms with Crippen molar-refractivity contribution in [2.75, 3.05) is 0 Å². The minimum Gasteiger partial charge on any atom is -0.354 e. The number of aromatic amines is 1. The third kappa shape index (κ3) is 2.60. The molecule has 1 N–H and O–H groups in total. The molecule has 0 spiro atoms. The average molecular weight is 277 g/mol. The number of nitrogens with zero attached hydrogens (tertiary/aromatic N) is 2. The van der Waals surface area contributed by atoms with Crippen LogP contribution in [0.1, 0.15) is 23.0 Å². The van der Waals surface area contributed by atoms with E-state index in [1.165, 1.54) is 6.92 Å². The molecule has 3 heterocycles. The maximum Gasteiger partial charge on any atom is 0.178 e. The summed E-state index contributed by atoms with van der Waals surface area (Å²) in [6.07, 6.45) is 5.20. The van der Waals surface area contributed by atoms with E-state index in [2.05, 4.69) is 21.0 Å². The Morgan fingerprint density at radius 3 is 2.48 bits per heavy atom. The molecule has 0 saturated carbocycles. The Labute approximate surface area is 122 Å². The van der Waals surface area contributed by atoms with Crippen molar-refractivity contribution in [3.8, 4) is 22.5 Å². The van der Waals surface area contributed by atoms with Gasteiger partial charge in [-0.25, -0.2) is 0 Å². The Bertz CT molecular complexity index is 791. The highest BCUT2D eigenvalue weighted by molar-refractivity contribution is 5.93. The molecule has 0 saturated heterocycles. The van der Waals surface area contributed by atoms with E-state index in [9.17, 15) is 4.79 Å². The molecule has 0 aromatic carbocycles. The molecule has 0 atom stereocenters. The van der Waals surface area contributed by atoms with E-state index in [0.29, 0.717) is 5.69 Å². The van der Waals surface area contributed by atoms with Gasteiger partial charge in [0.05, 0.1) is 0 Å². The van der Waals surface area contributed by atoms with E-state index < -0.39 is 0 Å². The number of rotatable bonds is 3. The van der Waals surface area contributed by atoms with Gasteiger partial charge in [0.2, 0.25) is 0 Å². The molecule has 0 radical (unpaired) electrons. The quantitative estimate of drug-likeness (QED) is 0.743. The fourth-order valence-electron chi connectivity index (χ4n) is 2.32. The van der Waals surface area contributed by atoms with Crippen molar-refractivity contribution in [3.05, 3.63) is 60.2 Å². The summed E-state index contributed by atoms with van der Waals surface area (Å²) < 4.78 is 0. The Morgan fingerprint density at radius 1 is 1.05 bits per heavy atom. The third-order valence-corrected chi connectivity index (χ3v) is 3.42. The molecule has 4 heteroatoms. The number of pyridine rings is 2. The third-order valence-electron chi connectivity index (χ3n) is 3.42. The standard InChI is InChI=1S/C17H15N3O/c1-11-9-16(13-3-6-18-7-4-13)20-17(11)14-5-8-19-15(10-14)12(2)21/h3-10,20H,1-2H3. The maximum absolute atomic E-state index is 11.5. The Hall–Kier alpha value is -2.75. The molecule has 0 aliphatic carbocycles. The molecule has 104 valence electrons. The maximum atomic E-state index is 11.5. The van der Waals surface area contributed by atoms with Crippen LogP contribution >= 0.6 is 0 Å². The fraction of sp³-hybridized carbons (Fsp3) is 0.118. The first kappa shape index (κ1) is 13.2.